The highest BCUT2D eigenvalue weighted by atomic mass is 127. The van der Waals surface area contributed by atoms with Crippen molar-refractivity contribution >= 4 is 28.6 Å². The van der Waals surface area contributed by atoms with Crippen LogP contribution in [0.25, 0.3) is 0 Å². The molecule has 0 aromatic heterocycles. The van der Waals surface area contributed by atoms with Crippen LogP contribution in [0.2, 0.25) is 0 Å². The first-order chi connectivity index (χ1) is 7.56. The summed E-state index contributed by atoms with van der Waals surface area (Å²) < 4.78 is 10.3. The summed E-state index contributed by atoms with van der Waals surface area (Å²) in [5.74, 6) is -0.175. The van der Waals surface area contributed by atoms with Crippen molar-refractivity contribution in [2.75, 3.05) is 6.79 Å². The lowest BCUT2D eigenvalue weighted by molar-refractivity contribution is -0.164. The Morgan fingerprint density at radius 3 is 2.56 bits per heavy atom. The summed E-state index contributed by atoms with van der Waals surface area (Å²) in [6.45, 7) is 3.98. The van der Waals surface area contributed by atoms with Crippen LogP contribution >= 0.6 is 22.6 Å². The fourth-order valence-corrected chi connectivity index (χ4v) is 1.87. The van der Waals surface area contributed by atoms with Crippen molar-refractivity contribution in [1.29, 1.82) is 0 Å². The summed E-state index contributed by atoms with van der Waals surface area (Å²) in [5.41, 5.74) is 0. The Hall–Kier alpha value is 0.160. The van der Waals surface area contributed by atoms with Gasteiger partial charge < -0.3 is 9.47 Å². The maximum atomic E-state index is 11.6. The van der Waals surface area contributed by atoms with Crippen LogP contribution in [0.5, 0.6) is 0 Å². The number of hydrogen-bond donors (Lipinski definition) is 0. The van der Waals surface area contributed by atoms with Gasteiger partial charge in [0, 0.05) is 0 Å². The number of rotatable bonds is 5. The molecule has 1 aliphatic carbocycles. The molecule has 0 aromatic rings. The molecule has 1 fully saturated rings. The molecule has 4 heteroatoms. The maximum absolute atomic E-state index is 11.6. The molecule has 1 rings (SSSR count). The van der Waals surface area contributed by atoms with Crippen molar-refractivity contribution in [3.05, 3.63) is 0 Å². The van der Waals surface area contributed by atoms with Crippen molar-refractivity contribution in [3.8, 4) is 0 Å². The highest BCUT2D eigenvalue weighted by Gasteiger charge is 2.29. The van der Waals surface area contributed by atoms with Gasteiger partial charge in [0.1, 0.15) is 3.42 Å². The summed E-state index contributed by atoms with van der Waals surface area (Å²) in [6.07, 6.45) is 7.05. The zero-order valence-corrected chi connectivity index (χ0v) is 12.3. The minimum Gasteiger partial charge on any atom is -0.437 e. The first-order valence-corrected chi connectivity index (χ1v) is 7.12. The fourth-order valence-electron chi connectivity index (χ4n) is 1.71. The quantitative estimate of drug-likeness (QED) is 0.333. The van der Waals surface area contributed by atoms with Gasteiger partial charge in [-0.2, -0.15) is 0 Å². The van der Waals surface area contributed by atoms with E-state index in [9.17, 15) is 4.79 Å². The molecule has 0 saturated heterocycles. The predicted molar refractivity (Wildman–Crippen MR) is 71.6 cm³/mol. The van der Waals surface area contributed by atoms with Gasteiger partial charge in [-0.05, 0) is 26.2 Å². The van der Waals surface area contributed by atoms with Gasteiger partial charge >= 0.3 is 5.97 Å². The standard InChI is InChI=1S/C12H21IO3/c1-3-12(2,13)11(14)16-9-15-10-7-5-4-6-8-10/h10H,3-9H2,1-2H3. The lowest BCUT2D eigenvalue weighted by Crippen LogP contribution is -2.31. The van der Waals surface area contributed by atoms with E-state index in [1.54, 1.807) is 0 Å². The van der Waals surface area contributed by atoms with Gasteiger partial charge in [0.25, 0.3) is 0 Å². The van der Waals surface area contributed by atoms with Gasteiger partial charge in [0.15, 0.2) is 6.79 Å². The summed E-state index contributed by atoms with van der Waals surface area (Å²) in [6, 6.07) is 0. The number of hydrogen-bond acceptors (Lipinski definition) is 3. The van der Waals surface area contributed by atoms with E-state index < -0.39 is 3.42 Å². The molecule has 3 nitrogen and oxygen atoms in total. The predicted octanol–water partition coefficient (Wildman–Crippen LogP) is 3.44. The van der Waals surface area contributed by atoms with Gasteiger partial charge in [-0.3, -0.25) is 4.79 Å². The van der Waals surface area contributed by atoms with Crippen molar-refractivity contribution < 1.29 is 14.3 Å². The molecule has 1 unspecified atom stereocenters. The van der Waals surface area contributed by atoms with E-state index >= 15 is 0 Å². The molecule has 0 N–H and O–H groups in total. The van der Waals surface area contributed by atoms with Crippen molar-refractivity contribution in [2.45, 2.75) is 61.9 Å². The van der Waals surface area contributed by atoms with E-state index in [1.165, 1.54) is 19.3 Å². The van der Waals surface area contributed by atoms with E-state index in [0.29, 0.717) is 6.10 Å². The molecule has 0 heterocycles. The Morgan fingerprint density at radius 1 is 1.38 bits per heavy atom. The van der Waals surface area contributed by atoms with E-state index in [-0.39, 0.29) is 12.8 Å². The van der Waals surface area contributed by atoms with Gasteiger partial charge in [-0.1, -0.05) is 48.8 Å². The Morgan fingerprint density at radius 2 is 2.00 bits per heavy atom. The smallest absolute Gasteiger partial charge is 0.323 e. The van der Waals surface area contributed by atoms with Crippen LogP contribution < -0.4 is 0 Å². The summed E-state index contributed by atoms with van der Waals surface area (Å²) in [4.78, 5) is 11.6. The molecule has 0 aliphatic heterocycles. The third kappa shape index (κ3) is 4.57. The summed E-state index contributed by atoms with van der Waals surface area (Å²) >= 11 is 2.13. The molecule has 0 spiro atoms. The monoisotopic (exact) mass is 340 g/mol. The largest absolute Gasteiger partial charge is 0.437 e. The van der Waals surface area contributed by atoms with Gasteiger partial charge in [0.05, 0.1) is 6.10 Å². The first kappa shape index (κ1) is 14.2. The van der Waals surface area contributed by atoms with Gasteiger partial charge in [0.2, 0.25) is 0 Å². The normalized spacial score (nSPS) is 21.4. The van der Waals surface area contributed by atoms with Crippen LogP contribution in [0.1, 0.15) is 52.4 Å². The summed E-state index contributed by atoms with van der Waals surface area (Å²) in [7, 11) is 0. The lowest BCUT2D eigenvalue weighted by atomic mass is 9.98. The van der Waals surface area contributed by atoms with Crippen LogP contribution in [0.4, 0.5) is 0 Å². The molecule has 16 heavy (non-hydrogen) atoms. The van der Waals surface area contributed by atoms with Crippen LogP contribution in [-0.4, -0.2) is 22.3 Å². The number of ether oxygens (including phenoxy) is 2. The Bertz CT molecular complexity index is 222. The molecule has 1 atom stereocenters. The number of carbonyl (C=O) groups is 1. The molecule has 0 radical (unpaired) electrons. The number of alkyl halides is 1. The van der Waals surface area contributed by atoms with E-state index in [1.807, 2.05) is 13.8 Å². The number of carbonyl (C=O) groups excluding carboxylic acids is 1. The highest BCUT2D eigenvalue weighted by molar-refractivity contribution is 14.1. The number of esters is 1. The van der Waals surface area contributed by atoms with Crippen LogP contribution in [0.15, 0.2) is 0 Å². The zero-order valence-electron chi connectivity index (χ0n) is 10.1. The second kappa shape index (κ2) is 6.79. The first-order valence-electron chi connectivity index (χ1n) is 6.04. The minimum absolute atomic E-state index is 0.113. The lowest BCUT2D eigenvalue weighted by Gasteiger charge is -2.23. The van der Waals surface area contributed by atoms with Crippen molar-refractivity contribution in [1.82, 2.24) is 0 Å². The molecule has 1 aliphatic rings. The molecule has 94 valence electrons. The molecule has 1 saturated carbocycles. The molecule has 0 bridgehead atoms. The van der Waals surface area contributed by atoms with Crippen LogP contribution in [-0.2, 0) is 14.3 Å². The zero-order chi connectivity index (χ0) is 12.0. The van der Waals surface area contributed by atoms with E-state index in [2.05, 4.69) is 22.6 Å². The fraction of sp³-hybridized carbons (Fsp3) is 0.917. The van der Waals surface area contributed by atoms with Gasteiger partial charge in [-0.15, -0.1) is 0 Å². The Balaban J connectivity index is 2.17. The second-order valence-electron chi connectivity index (χ2n) is 4.53. The SMILES string of the molecule is CCC(C)(I)C(=O)OCOC1CCCCC1. The van der Waals surface area contributed by atoms with Crippen LogP contribution in [0.3, 0.4) is 0 Å². The summed E-state index contributed by atoms with van der Waals surface area (Å²) in [5, 5.41) is 0. The van der Waals surface area contributed by atoms with Crippen molar-refractivity contribution in [2.24, 2.45) is 0 Å². The average molecular weight is 340 g/mol. The second-order valence-corrected chi connectivity index (χ2v) is 6.91. The Labute approximate surface area is 111 Å². The third-order valence-electron chi connectivity index (χ3n) is 3.14. The van der Waals surface area contributed by atoms with Crippen LogP contribution in [0, 0.1) is 0 Å². The number of halogens is 1. The third-order valence-corrected chi connectivity index (χ3v) is 4.34. The van der Waals surface area contributed by atoms with E-state index in [4.69, 9.17) is 9.47 Å². The minimum atomic E-state index is -0.423. The molecular formula is C12H21IO3. The van der Waals surface area contributed by atoms with Crippen molar-refractivity contribution in [3.63, 3.8) is 0 Å². The maximum Gasteiger partial charge on any atom is 0.323 e. The topological polar surface area (TPSA) is 35.5 Å². The van der Waals surface area contributed by atoms with E-state index in [0.717, 1.165) is 19.3 Å². The molecule has 0 amide bonds. The average Bonchev–Trinajstić information content (AvgIpc) is 2.30. The molecule has 0 aromatic carbocycles. The molecular weight excluding hydrogens is 319 g/mol. The van der Waals surface area contributed by atoms with Gasteiger partial charge in [-0.25, -0.2) is 0 Å². The highest BCUT2D eigenvalue weighted by Crippen LogP contribution is 2.24. The Kier molecular flexibility index (Phi) is 6.03.